The number of rotatable bonds is 3. The number of ether oxygens (including phenoxy) is 1. The zero-order chi connectivity index (χ0) is 13.0. The molecule has 5 nitrogen and oxygen atoms in total. The van der Waals surface area contributed by atoms with E-state index < -0.39 is 0 Å². The SMILES string of the molecule is CNC(=O)c1cc(Oc2ccc(I)nc2)ccn1. The van der Waals surface area contributed by atoms with Crippen molar-refractivity contribution in [2.75, 3.05) is 7.05 Å². The van der Waals surface area contributed by atoms with Gasteiger partial charge < -0.3 is 10.1 Å². The molecule has 0 bridgehead atoms. The number of halogens is 1. The molecule has 2 heterocycles. The molecule has 2 aromatic rings. The van der Waals surface area contributed by atoms with Crippen molar-refractivity contribution in [3.63, 3.8) is 0 Å². The average Bonchev–Trinajstić information content (AvgIpc) is 2.41. The molecule has 1 N–H and O–H groups in total. The van der Waals surface area contributed by atoms with E-state index in [1.54, 1.807) is 25.4 Å². The first kappa shape index (κ1) is 12.7. The second kappa shape index (κ2) is 5.76. The first-order valence-corrected chi connectivity index (χ1v) is 6.24. The Kier molecular flexibility index (Phi) is 4.08. The summed E-state index contributed by atoms with van der Waals surface area (Å²) in [5, 5.41) is 2.51. The van der Waals surface area contributed by atoms with Gasteiger partial charge in [-0.3, -0.25) is 9.78 Å². The van der Waals surface area contributed by atoms with Gasteiger partial charge in [-0.1, -0.05) is 0 Å². The number of amides is 1. The van der Waals surface area contributed by atoms with Gasteiger partial charge in [-0.2, -0.15) is 0 Å². The molecule has 0 saturated carbocycles. The van der Waals surface area contributed by atoms with Gasteiger partial charge in [-0.05, 0) is 40.8 Å². The summed E-state index contributed by atoms with van der Waals surface area (Å²) >= 11 is 2.12. The normalized spacial score (nSPS) is 9.89. The van der Waals surface area contributed by atoms with Crippen LogP contribution in [0.5, 0.6) is 11.5 Å². The first-order valence-electron chi connectivity index (χ1n) is 5.16. The molecule has 6 heteroatoms. The number of nitrogens with one attached hydrogen (secondary N) is 1. The number of nitrogens with zero attached hydrogens (tertiary/aromatic N) is 2. The quantitative estimate of drug-likeness (QED) is 0.678. The highest BCUT2D eigenvalue weighted by Crippen LogP contribution is 2.20. The summed E-state index contributed by atoms with van der Waals surface area (Å²) in [4.78, 5) is 19.5. The monoisotopic (exact) mass is 355 g/mol. The average molecular weight is 355 g/mol. The minimum Gasteiger partial charge on any atom is -0.456 e. The number of carbonyl (C=O) groups is 1. The van der Waals surface area contributed by atoms with Crippen LogP contribution in [0.1, 0.15) is 10.5 Å². The van der Waals surface area contributed by atoms with Gasteiger partial charge in [0.05, 0.1) is 6.20 Å². The molecule has 2 aromatic heterocycles. The molecule has 0 aliphatic heterocycles. The highest BCUT2D eigenvalue weighted by molar-refractivity contribution is 14.1. The molecule has 0 unspecified atom stereocenters. The summed E-state index contributed by atoms with van der Waals surface area (Å²) in [5.74, 6) is 0.914. The molecule has 0 aliphatic carbocycles. The lowest BCUT2D eigenvalue weighted by Crippen LogP contribution is -2.18. The van der Waals surface area contributed by atoms with E-state index in [4.69, 9.17) is 4.74 Å². The van der Waals surface area contributed by atoms with Gasteiger partial charge in [0.15, 0.2) is 0 Å². The fourth-order valence-corrected chi connectivity index (χ4v) is 1.60. The summed E-state index contributed by atoms with van der Waals surface area (Å²) in [7, 11) is 1.56. The molecule has 0 fully saturated rings. The second-order valence-corrected chi connectivity index (χ2v) is 4.48. The molecule has 2 rings (SSSR count). The van der Waals surface area contributed by atoms with E-state index in [9.17, 15) is 4.79 Å². The summed E-state index contributed by atoms with van der Waals surface area (Å²) in [6.07, 6.45) is 3.15. The zero-order valence-corrected chi connectivity index (χ0v) is 11.7. The summed E-state index contributed by atoms with van der Waals surface area (Å²) < 4.78 is 6.47. The van der Waals surface area contributed by atoms with Crippen LogP contribution in [0.2, 0.25) is 0 Å². The summed E-state index contributed by atoms with van der Waals surface area (Å²) in [6, 6.07) is 6.92. The van der Waals surface area contributed by atoms with Crippen molar-refractivity contribution in [3.05, 3.63) is 46.1 Å². The fourth-order valence-electron chi connectivity index (χ4n) is 1.29. The number of pyridine rings is 2. The van der Waals surface area contributed by atoms with Crippen LogP contribution in [0.3, 0.4) is 0 Å². The van der Waals surface area contributed by atoms with Crippen molar-refractivity contribution >= 4 is 28.5 Å². The Balaban J connectivity index is 2.19. The van der Waals surface area contributed by atoms with Crippen LogP contribution in [0.15, 0.2) is 36.7 Å². The lowest BCUT2D eigenvalue weighted by Gasteiger charge is -2.06. The molecular formula is C12H10IN3O2. The summed E-state index contributed by atoms with van der Waals surface area (Å²) in [5.41, 5.74) is 0.313. The van der Waals surface area contributed by atoms with Crippen LogP contribution in [-0.4, -0.2) is 22.9 Å². The summed E-state index contributed by atoms with van der Waals surface area (Å²) in [6.45, 7) is 0. The third kappa shape index (κ3) is 3.16. The van der Waals surface area contributed by atoms with Gasteiger partial charge in [0.2, 0.25) is 0 Å². The van der Waals surface area contributed by atoms with E-state index in [0.29, 0.717) is 17.2 Å². The fraction of sp³-hybridized carbons (Fsp3) is 0.0833. The third-order valence-corrected chi connectivity index (χ3v) is 2.77. The minimum absolute atomic E-state index is 0.249. The van der Waals surface area contributed by atoms with Gasteiger partial charge in [-0.15, -0.1) is 0 Å². The second-order valence-electron chi connectivity index (χ2n) is 3.37. The van der Waals surface area contributed by atoms with E-state index in [-0.39, 0.29) is 5.91 Å². The zero-order valence-electron chi connectivity index (χ0n) is 9.55. The molecule has 92 valence electrons. The van der Waals surface area contributed by atoms with Crippen molar-refractivity contribution in [2.45, 2.75) is 0 Å². The predicted molar refractivity (Wildman–Crippen MR) is 74.7 cm³/mol. The number of hydrogen-bond acceptors (Lipinski definition) is 4. The van der Waals surface area contributed by atoms with Crippen LogP contribution < -0.4 is 10.1 Å². The van der Waals surface area contributed by atoms with E-state index in [1.165, 1.54) is 6.20 Å². The number of carbonyl (C=O) groups excluding carboxylic acids is 1. The highest BCUT2D eigenvalue weighted by Gasteiger charge is 2.06. The largest absolute Gasteiger partial charge is 0.456 e. The van der Waals surface area contributed by atoms with Crippen molar-refractivity contribution in [1.29, 1.82) is 0 Å². The van der Waals surface area contributed by atoms with E-state index in [1.807, 2.05) is 12.1 Å². The Morgan fingerprint density at radius 1 is 1.28 bits per heavy atom. The minimum atomic E-state index is -0.249. The van der Waals surface area contributed by atoms with Crippen LogP contribution >= 0.6 is 22.6 Å². The number of aromatic nitrogens is 2. The van der Waals surface area contributed by atoms with E-state index in [0.717, 1.165) is 3.70 Å². The molecule has 1 amide bonds. The Morgan fingerprint density at radius 3 is 2.78 bits per heavy atom. The van der Waals surface area contributed by atoms with Gasteiger partial charge >= 0.3 is 0 Å². The molecule has 0 atom stereocenters. The molecule has 0 radical (unpaired) electrons. The molecule has 0 aromatic carbocycles. The smallest absolute Gasteiger partial charge is 0.269 e. The van der Waals surface area contributed by atoms with E-state index in [2.05, 4.69) is 37.9 Å². The standard InChI is InChI=1S/C12H10IN3O2/c1-14-12(17)10-6-8(4-5-15-10)18-9-2-3-11(13)16-7-9/h2-7H,1H3,(H,14,17). The van der Waals surface area contributed by atoms with Gasteiger partial charge in [0, 0.05) is 19.3 Å². The first-order chi connectivity index (χ1) is 8.69. The van der Waals surface area contributed by atoms with Crippen LogP contribution in [-0.2, 0) is 0 Å². The highest BCUT2D eigenvalue weighted by atomic mass is 127. The molecule has 0 saturated heterocycles. The Hall–Kier alpha value is -1.70. The molecule has 18 heavy (non-hydrogen) atoms. The molecule has 0 spiro atoms. The van der Waals surface area contributed by atoms with Gasteiger partial charge in [0.25, 0.3) is 5.91 Å². The Morgan fingerprint density at radius 2 is 2.11 bits per heavy atom. The lowest BCUT2D eigenvalue weighted by molar-refractivity contribution is 0.0958. The van der Waals surface area contributed by atoms with Gasteiger partial charge in [0.1, 0.15) is 20.9 Å². The third-order valence-electron chi connectivity index (χ3n) is 2.13. The Labute approximate surface area is 118 Å². The van der Waals surface area contributed by atoms with Crippen LogP contribution in [0, 0.1) is 3.70 Å². The topological polar surface area (TPSA) is 64.1 Å². The van der Waals surface area contributed by atoms with E-state index >= 15 is 0 Å². The van der Waals surface area contributed by atoms with Crippen molar-refractivity contribution in [2.24, 2.45) is 0 Å². The number of hydrogen-bond donors (Lipinski definition) is 1. The maximum Gasteiger partial charge on any atom is 0.269 e. The Bertz CT molecular complexity index is 558. The van der Waals surface area contributed by atoms with Crippen LogP contribution in [0.4, 0.5) is 0 Å². The molecular weight excluding hydrogens is 345 g/mol. The van der Waals surface area contributed by atoms with Crippen molar-refractivity contribution < 1.29 is 9.53 Å². The maximum absolute atomic E-state index is 11.4. The van der Waals surface area contributed by atoms with Gasteiger partial charge in [-0.25, -0.2) is 4.98 Å². The van der Waals surface area contributed by atoms with Crippen molar-refractivity contribution in [3.8, 4) is 11.5 Å². The maximum atomic E-state index is 11.4. The molecule has 0 aliphatic rings. The van der Waals surface area contributed by atoms with Crippen molar-refractivity contribution in [1.82, 2.24) is 15.3 Å². The lowest BCUT2D eigenvalue weighted by atomic mass is 10.3. The van der Waals surface area contributed by atoms with Crippen LogP contribution in [0.25, 0.3) is 0 Å². The predicted octanol–water partition coefficient (Wildman–Crippen LogP) is 2.23.